The molecule has 0 amide bonds. The van der Waals surface area contributed by atoms with E-state index < -0.39 is 0 Å². The summed E-state index contributed by atoms with van der Waals surface area (Å²) in [6.07, 6.45) is 2.76. The zero-order valence-electron chi connectivity index (χ0n) is 12.9. The van der Waals surface area contributed by atoms with Gasteiger partial charge in [-0.25, -0.2) is 9.49 Å². The molecule has 1 aliphatic carbocycles. The number of hydrogen-bond acceptors (Lipinski definition) is 4. The first-order chi connectivity index (χ1) is 11.6. The second-order valence-electron chi connectivity index (χ2n) is 5.98. The van der Waals surface area contributed by atoms with Crippen LogP contribution >= 0.6 is 12.2 Å². The van der Waals surface area contributed by atoms with Gasteiger partial charge in [0.15, 0.2) is 5.82 Å². The molecule has 2 aromatic heterocycles. The standard InChI is InChI=1S/C17H15FN4OS/c1-10-7-14(10)15-6-5-13(23-15)9-19-22-16(20-21-17(22)24)11-3-2-4-12(18)8-11/h2-6,8-10,14H,7H2,1H3,(H,21,24)/b19-9-/t10-,14+/m1/s1. The van der Waals surface area contributed by atoms with Crippen molar-refractivity contribution in [3.05, 3.63) is 58.5 Å². The quantitative estimate of drug-likeness (QED) is 0.566. The van der Waals surface area contributed by atoms with Gasteiger partial charge in [-0.05, 0) is 48.8 Å². The first-order valence-corrected chi connectivity index (χ1v) is 8.10. The van der Waals surface area contributed by atoms with E-state index in [2.05, 4.69) is 22.2 Å². The minimum Gasteiger partial charge on any atom is -0.460 e. The Morgan fingerprint density at radius 3 is 3.00 bits per heavy atom. The summed E-state index contributed by atoms with van der Waals surface area (Å²) >= 11 is 5.20. The second-order valence-corrected chi connectivity index (χ2v) is 6.37. The van der Waals surface area contributed by atoms with Crippen LogP contribution in [-0.4, -0.2) is 21.1 Å². The van der Waals surface area contributed by atoms with Crippen LogP contribution in [0.2, 0.25) is 0 Å². The van der Waals surface area contributed by atoms with Gasteiger partial charge < -0.3 is 4.42 Å². The second kappa shape index (κ2) is 5.83. The number of nitrogens with one attached hydrogen (secondary N) is 1. The van der Waals surface area contributed by atoms with E-state index >= 15 is 0 Å². The maximum Gasteiger partial charge on any atom is 0.216 e. The maximum absolute atomic E-state index is 13.4. The molecule has 0 unspecified atom stereocenters. The lowest BCUT2D eigenvalue weighted by Crippen LogP contribution is -1.95. The van der Waals surface area contributed by atoms with Crippen LogP contribution in [0.3, 0.4) is 0 Å². The number of H-pyrrole nitrogens is 1. The van der Waals surface area contributed by atoms with Crippen molar-refractivity contribution in [1.29, 1.82) is 0 Å². The lowest BCUT2D eigenvalue weighted by atomic mass is 10.2. The first kappa shape index (κ1) is 15.0. The van der Waals surface area contributed by atoms with Crippen LogP contribution in [0.15, 0.2) is 45.9 Å². The van der Waals surface area contributed by atoms with Crippen LogP contribution in [0.4, 0.5) is 4.39 Å². The molecule has 1 N–H and O–H groups in total. The van der Waals surface area contributed by atoms with Gasteiger partial charge in [0, 0.05) is 11.5 Å². The molecule has 0 saturated heterocycles. The molecule has 7 heteroatoms. The number of aromatic amines is 1. The summed E-state index contributed by atoms with van der Waals surface area (Å²) < 4.78 is 21.0. The monoisotopic (exact) mass is 342 g/mol. The van der Waals surface area contributed by atoms with Gasteiger partial charge in [0.25, 0.3) is 0 Å². The Labute approximate surface area is 142 Å². The molecule has 0 aliphatic heterocycles. The van der Waals surface area contributed by atoms with Crippen molar-refractivity contribution >= 4 is 18.4 Å². The number of rotatable bonds is 4. The molecule has 1 aliphatic rings. The number of halogens is 1. The predicted molar refractivity (Wildman–Crippen MR) is 91.0 cm³/mol. The molecule has 5 nitrogen and oxygen atoms in total. The average Bonchev–Trinajstić information content (AvgIpc) is 2.97. The lowest BCUT2D eigenvalue weighted by Gasteiger charge is -2.00. The SMILES string of the molecule is C[C@@H]1C[C@@H]1c1ccc(/C=N\n2c(-c3cccc(F)c3)n[nH]c2=S)o1. The summed E-state index contributed by atoms with van der Waals surface area (Å²) in [6.45, 7) is 2.21. The summed E-state index contributed by atoms with van der Waals surface area (Å²) in [5.41, 5.74) is 0.589. The van der Waals surface area contributed by atoms with Crippen molar-refractivity contribution in [3.63, 3.8) is 0 Å². The van der Waals surface area contributed by atoms with Gasteiger partial charge in [0.05, 0.1) is 6.21 Å². The van der Waals surface area contributed by atoms with Crippen molar-refractivity contribution in [2.75, 3.05) is 0 Å². The molecule has 1 saturated carbocycles. The van der Waals surface area contributed by atoms with Gasteiger partial charge in [-0.3, -0.25) is 0 Å². The number of hydrogen-bond donors (Lipinski definition) is 1. The summed E-state index contributed by atoms with van der Waals surface area (Å²) in [5.74, 6) is 2.95. The van der Waals surface area contributed by atoms with Crippen molar-refractivity contribution < 1.29 is 8.81 Å². The molecule has 0 spiro atoms. The fourth-order valence-corrected chi connectivity index (χ4v) is 2.86. The largest absolute Gasteiger partial charge is 0.460 e. The Balaban J connectivity index is 1.64. The molecule has 122 valence electrons. The van der Waals surface area contributed by atoms with Crippen molar-refractivity contribution in [2.24, 2.45) is 11.0 Å². The molecule has 3 aromatic rings. The van der Waals surface area contributed by atoms with Crippen molar-refractivity contribution in [3.8, 4) is 11.4 Å². The highest BCUT2D eigenvalue weighted by molar-refractivity contribution is 7.71. The molecule has 24 heavy (non-hydrogen) atoms. The molecule has 2 heterocycles. The van der Waals surface area contributed by atoms with Crippen LogP contribution < -0.4 is 0 Å². The third kappa shape index (κ3) is 2.82. The molecule has 0 radical (unpaired) electrons. The van der Waals surface area contributed by atoms with Crippen LogP contribution in [0.25, 0.3) is 11.4 Å². The zero-order valence-corrected chi connectivity index (χ0v) is 13.8. The predicted octanol–water partition coefficient (Wildman–Crippen LogP) is 4.35. The molecular weight excluding hydrogens is 327 g/mol. The van der Waals surface area contributed by atoms with Gasteiger partial charge in [0.1, 0.15) is 17.3 Å². The summed E-state index contributed by atoms with van der Waals surface area (Å²) in [7, 11) is 0. The van der Waals surface area contributed by atoms with E-state index in [4.69, 9.17) is 16.6 Å². The number of furan rings is 1. The number of aromatic nitrogens is 3. The van der Waals surface area contributed by atoms with Crippen LogP contribution in [-0.2, 0) is 0 Å². The first-order valence-electron chi connectivity index (χ1n) is 7.69. The van der Waals surface area contributed by atoms with E-state index in [1.807, 2.05) is 12.1 Å². The average molecular weight is 342 g/mol. The highest BCUT2D eigenvalue weighted by atomic mass is 32.1. The Morgan fingerprint density at radius 2 is 2.25 bits per heavy atom. The third-order valence-corrected chi connectivity index (χ3v) is 4.42. The van der Waals surface area contributed by atoms with Crippen LogP contribution in [0.1, 0.15) is 30.8 Å². The fraction of sp³-hybridized carbons (Fsp3) is 0.235. The van der Waals surface area contributed by atoms with Gasteiger partial charge in [-0.1, -0.05) is 19.1 Å². The van der Waals surface area contributed by atoms with Crippen molar-refractivity contribution in [2.45, 2.75) is 19.3 Å². The van der Waals surface area contributed by atoms with E-state index in [0.717, 1.165) is 5.76 Å². The third-order valence-electron chi connectivity index (χ3n) is 4.16. The molecule has 4 rings (SSSR count). The molecular formula is C17H15FN4OS. The Bertz CT molecular complexity index is 971. The number of benzene rings is 1. The minimum absolute atomic E-state index is 0.327. The van der Waals surface area contributed by atoms with Crippen LogP contribution in [0, 0.1) is 16.5 Å². The van der Waals surface area contributed by atoms with Gasteiger partial charge in [-0.2, -0.15) is 14.9 Å². The fourth-order valence-electron chi connectivity index (χ4n) is 2.68. The van der Waals surface area contributed by atoms with Gasteiger partial charge >= 0.3 is 0 Å². The van der Waals surface area contributed by atoms with Crippen molar-refractivity contribution in [1.82, 2.24) is 14.9 Å². The Kier molecular flexibility index (Phi) is 3.65. The lowest BCUT2D eigenvalue weighted by molar-refractivity contribution is 0.500. The van der Waals surface area contributed by atoms with E-state index in [0.29, 0.717) is 33.8 Å². The van der Waals surface area contributed by atoms with E-state index in [9.17, 15) is 4.39 Å². The van der Waals surface area contributed by atoms with E-state index in [1.165, 1.54) is 23.2 Å². The highest BCUT2D eigenvalue weighted by Crippen LogP contribution is 2.47. The van der Waals surface area contributed by atoms with Gasteiger partial charge in [0.2, 0.25) is 4.77 Å². The Hall–Kier alpha value is -2.54. The topological polar surface area (TPSA) is 59.1 Å². The van der Waals surface area contributed by atoms with E-state index in [1.54, 1.807) is 18.3 Å². The molecule has 0 bridgehead atoms. The molecule has 2 atom stereocenters. The minimum atomic E-state index is -0.342. The Morgan fingerprint density at radius 1 is 1.42 bits per heavy atom. The maximum atomic E-state index is 13.4. The highest BCUT2D eigenvalue weighted by Gasteiger charge is 2.36. The molecule has 1 aromatic carbocycles. The summed E-state index contributed by atoms with van der Waals surface area (Å²) in [5, 5.41) is 11.1. The number of nitrogens with zero attached hydrogens (tertiary/aromatic N) is 3. The van der Waals surface area contributed by atoms with E-state index in [-0.39, 0.29) is 5.82 Å². The smallest absolute Gasteiger partial charge is 0.216 e. The summed E-state index contributed by atoms with van der Waals surface area (Å²) in [4.78, 5) is 0. The zero-order chi connectivity index (χ0) is 16.7. The van der Waals surface area contributed by atoms with Gasteiger partial charge in [-0.15, -0.1) is 0 Å². The molecule has 1 fully saturated rings. The normalized spacial score (nSPS) is 19.9. The summed E-state index contributed by atoms with van der Waals surface area (Å²) in [6, 6.07) is 10.00. The van der Waals surface area contributed by atoms with Crippen LogP contribution in [0.5, 0.6) is 0 Å².